The molecule has 0 unspecified atom stereocenters. The molecule has 0 aliphatic rings. The van der Waals surface area contributed by atoms with Crippen LogP contribution in [-0.4, -0.2) is 14.9 Å². The SMILES string of the molecule is Cn1ccc(CNCc2c(O)ccc3ccccc23)n1. The molecule has 3 rings (SSSR count). The summed E-state index contributed by atoms with van der Waals surface area (Å²) in [5.74, 6) is 0.331. The summed E-state index contributed by atoms with van der Waals surface area (Å²) in [7, 11) is 1.90. The summed E-state index contributed by atoms with van der Waals surface area (Å²) in [6.07, 6.45) is 1.92. The summed E-state index contributed by atoms with van der Waals surface area (Å²) in [6.45, 7) is 1.30. The normalized spacial score (nSPS) is 11.1. The maximum atomic E-state index is 10.1. The zero-order valence-corrected chi connectivity index (χ0v) is 11.4. The molecule has 4 nitrogen and oxygen atoms in total. The first kappa shape index (κ1) is 12.7. The van der Waals surface area contributed by atoms with E-state index in [1.54, 1.807) is 10.7 Å². The maximum absolute atomic E-state index is 10.1. The predicted octanol–water partition coefficient (Wildman–Crippen LogP) is 2.57. The number of aryl methyl sites for hydroxylation is 1. The van der Waals surface area contributed by atoms with Crippen LogP contribution in [0.15, 0.2) is 48.7 Å². The lowest BCUT2D eigenvalue weighted by Gasteiger charge is -2.09. The molecule has 20 heavy (non-hydrogen) atoms. The predicted molar refractivity (Wildman–Crippen MR) is 79.4 cm³/mol. The highest BCUT2D eigenvalue weighted by molar-refractivity contribution is 5.87. The average molecular weight is 267 g/mol. The van der Waals surface area contributed by atoms with E-state index < -0.39 is 0 Å². The van der Waals surface area contributed by atoms with Gasteiger partial charge in [0.2, 0.25) is 0 Å². The van der Waals surface area contributed by atoms with Gasteiger partial charge in [0.05, 0.1) is 5.69 Å². The molecule has 0 radical (unpaired) electrons. The molecule has 0 saturated carbocycles. The Morgan fingerprint density at radius 3 is 2.75 bits per heavy atom. The fraction of sp³-hybridized carbons (Fsp3) is 0.188. The van der Waals surface area contributed by atoms with Gasteiger partial charge in [0, 0.05) is 31.9 Å². The fourth-order valence-electron chi connectivity index (χ4n) is 2.38. The van der Waals surface area contributed by atoms with Crippen LogP contribution >= 0.6 is 0 Å². The van der Waals surface area contributed by atoms with E-state index in [-0.39, 0.29) is 0 Å². The van der Waals surface area contributed by atoms with E-state index in [0.717, 1.165) is 22.0 Å². The van der Waals surface area contributed by atoms with Crippen molar-refractivity contribution in [2.45, 2.75) is 13.1 Å². The lowest BCUT2D eigenvalue weighted by Crippen LogP contribution is -2.13. The topological polar surface area (TPSA) is 50.1 Å². The van der Waals surface area contributed by atoms with Crippen molar-refractivity contribution >= 4 is 10.8 Å². The first-order valence-electron chi connectivity index (χ1n) is 6.63. The first-order valence-corrected chi connectivity index (χ1v) is 6.63. The average Bonchev–Trinajstić information content (AvgIpc) is 2.87. The number of hydrogen-bond acceptors (Lipinski definition) is 3. The summed E-state index contributed by atoms with van der Waals surface area (Å²) in [6, 6.07) is 13.8. The Kier molecular flexibility index (Phi) is 3.39. The highest BCUT2D eigenvalue weighted by Gasteiger charge is 2.06. The number of nitrogens with zero attached hydrogens (tertiary/aromatic N) is 2. The summed E-state index contributed by atoms with van der Waals surface area (Å²) in [5.41, 5.74) is 1.92. The van der Waals surface area contributed by atoms with E-state index in [2.05, 4.69) is 16.5 Å². The Labute approximate surface area is 117 Å². The minimum Gasteiger partial charge on any atom is -0.508 e. The van der Waals surface area contributed by atoms with E-state index in [4.69, 9.17) is 0 Å². The zero-order chi connectivity index (χ0) is 13.9. The largest absolute Gasteiger partial charge is 0.508 e. The lowest BCUT2D eigenvalue weighted by atomic mass is 10.0. The summed E-state index contributed by atoms with van der Waals surface area (Å²) >= 11 is 0. The number of phenolic OH excluding ortho intramolecular Hbond substituents is 1. The minimum absolute atomic E-state index is 0.331. The Hall–Kier alpha value is -2.33. The molecule has 0 bridgehead atoms. The number of aromatic hydroxyl groups is 1. The molecule has 1 aromatic heterocycles. The third kappa shape index (κ3) is 2.51. The Balaban J connectivity index is 1.78. The van der Waals surface area contributed by atoms with Gasteiger partial charge in [-0.25, -0.2) is 0 Å². The van der Waals surface area contributed by atoms with E-state index in [9.17, 15) is 5.11 Å². The van der Waals surface area contributed by atoms with Crippen molar-refractivity contribution in [3.63, 3.8) is 0 Å². The Morgan fingerprint density at radius 1 is 1.10 bits per heavy atom. The number of nitrogens with one attached hydrogen (secondary N) is 1. The molecule has 0 aliphatic carbocycles. The second kappa shape index (κ2) is 5.35. The van der Waals surface area contributed by atoms with Gasteiger partial charge < -0.3 is 10.4 Å². The molecule has 3 aromatic rings. The van der Waals surface area contributed by atoms with Crippen LogP contribution in [0.2, 0.25) is 0 Å². The number of phenols is 1. The van der Waals surface area contributed by atoms with Gasteiger partial charge in [-0.05, 0) is 22.9 Å². The van der Waals surface area contributed by atoms with Gasteiger partial charge in [0.15, 0.2) is 0 Å². The minimum atomic E-state index is 0.331. The van der Waals surface area contributed by atoms with E-state index in [1.165, 1.54) is 0 Å². The van der Waals surface area contributed by atoms with Crippen molar-refractivity contribution in [3.05, 3.63) is 59.9 Å². The maximum Gasteiger partial charge on any atom is 0.120 e. The van der Waals surface area contributed by atoms with Crippen molar-refractivity contribution in [1.29, 1.82) is 0 Å². The van der Waals surface area contributed by atoms with E-state index in [0.29, 0.717) is 18.8 Å². The highest BCUT2D eigenvalue weighted by atomic mass is 16.3. The van der Waals surface area contributed by atoms with Gasteiger partial charge in [0.25, 0.3) is 0 Å². The summed E-state index contributed by atoms with van der Waals surface area (Å²) in [5, 5.41) is 19.9. The molecule has 102 valence electrons. The fourth-order valence-corrected chi connectivity index (χ4v) is 2.38. The van der Waals surface area contributed by atoms with Crippen molar-refractivity contribution < 1.29 is 5.11 Å². The van der Waals surface area contributed by atoms with Crippen molar-refractivity contribution in [3.8, 4) is 5.75 Å². The summed E-state index contributed by atoms with van der Waals surface area (Å²) in [4.78, 5) is 0. The van der Waals surface area contributed by atoms with Crippen molar-refractivity contribution in [2.75, 3.05) is 0 Å². The van der Waals surface area contributed by atoms with Crippen LogP contribution < -0.4 is 5.32 Å². The van der Waals surface area contributed by atoms with Gasteiger partial charge in [-0.1, -0.05) is 30.3 Å². The third-order valence-electron chi connectivity index (χ3n) is 3.39. The molecule has 0 saturated heterocycles. The molecular weight excluding hydrogens is 250 g/mol. The van der Waals surface area contributed by atoms with E-state index in [1.807, 2.05) is 43.6 Å². The van der Waals surface area contributed by atoms with Crippen molar-refractivity contribution in [1.82, 2.24) is 15.1 Å². The van der Waals surface area contributed by atoms with Crippen LogP contribution in [0.25, 0.3) is 10.8 Å². The number of fused-ring (bicyclic) bond motifs is 1. The number of aromatic nitrogens is 2. The van der Waals surface area contributed by atoms with Crippen LogP contribution in [0.4, 0.5) is 0 Å². The van der Waals surface area contributed by atoms with Crippen LogP contribution in [0.5, 0.6) is 5.75 Å². The van der Waals surface area contributed by atoms with Gasteiger partial charge >= 0.3 is 0 Å². The number of rotatable bonds is 4. The Bertz CT molecular complexity index is 733. The molecule has 0 atom stereocenters. The monoisotopic (exact) mass is 267 g/mol. The van der Waals surface area contributed by atoms with Crippen molar-refractivity contribution in [2.24, 2.45) is 7.05 Å². The molecule has 2 N–H and O–H groups in total. The molecule has 0 spiro atoms. The van der Waals surface area contributed by atoms with Gasteiger partial charge in [-0.15, -0.1) is 0 Å². The molecule has 2 aromatic carbocycles. The molecule has 0 fully saturated rings. The second-order valence-electron chi connectivity index (χ2n) is 4.87. The highest BCUT2D eigenvalue weighted by Crippen LogP contribution is 2.26. The van der Waals surface area contributed by atoms with Crippen LogP contribution in [0.3, 0.4) is 0 Å². The first-order chi connectivity index (χ1) is 9.74. The number of benzene rings is 2. The van der Waals surface area contributed by atoms with Crippen LogP contribution in [0.1, 0.15) is 11.3 Å². The second-order valence-corrected chi connectivity index (χ2v) is 4.87. The quantitative estimate of drug-likeness (QED) is 0.764. The van der Waals surface area contributed by atoms with Gasteiger partial charge in [-0.3, -0.25) is 4.68 Å². The lowest BCUT2D eigenvalue weighted by molar-refractivity contribution is 0.465. The molecule has 1 heterocycles. The molecule has 0 aliphatic heterocycles. The zero-order valence-electron chi connectivity index (χ0n) is 11.4. The smallest absolute Gasteiger partial charge is 0.120 e. The van der Waals surface area contributed by atoms with E-state index >= 15 is 0 Å². The van der Waals surface area contributed by atoms with Gasteiger partial charge in [0.1, 0.15) is 5.75 Å². The standard InChI is InChI=1S/C16H17N3O/c1-19-9-8-13(18-19)10-17-11-15-14-5-3-2-4-12(14)6-7-16(15)20/h2-9,17,20H,10-11H2,1H3. The van der Waals surface area contributed by atoms with Gasteiger partial charge in [-0.2, -0.15) is 5.10 Å². The third-order valence-corrected chi connectivity index (χ3v) is 3.39. The Morgan fingerprint density at radius 2 is 1.95 bits per heavy atom. The molecular formula is C16H17N3O. The van der Waals surface area contributed by atoms with Crippen LogP contribution in [0, 0.1) is 0 Å². The number of hydrogen-bond donors (Lipinski definition) is 2. The van der Waals surface area contributed by atoms with Crippen LogP contribution in [-0.2, 0) is 20.1 Å². The molecule has 4 heteroatoms. The molecule has 0 amide bonds. The summed E-state index contributed by atoms with van der Waals surface area (Å²) < 4.78 is 1.78.